The molecule has 1 aromatic carbocycles. The first-order valence-corrected chi connectivity index (χ1v) is 7.08. The van der Waals surface area contributed by atoms with Gasteiger partial charge in [0.25, 0.3) is 0 Å². The number of rotatable bonds is 6. The number of hydrogen-bond donors (Lipinski definition) is 1. The van der Waals surface area contributed by atoms with Crippen LogP contribution in [-0.4, -0.2) is 22.8 Å². The molecule has 0 heterocycles. The molecule has 110 valence electrons. The van der Waals surface area contributed by atoms with Crippen LogP contribution in [0.5, 0.6) is 0 Å². The number of nitrogens with two attached hydrogens (primary N) is 1. The van der Waals surface area contributed by atoms with Crippen LogP contribution in [0.1, 0.15) is 32.3 Å². The molecule has 1 rings (SSSR count). The topological polar surface area (TPSA) is 46.3 Å². The average Bonchev–Trinajstić information content (AvgIpc) is 2.42. The SMILES string of the molecule is CCC(CC)(C(=O)N(C)Cc1ccccc1F)C(N)=S. The number of amides is 1. The molecule has 0 atom stereocenters. The standard InChI is InChI=1S/C15H21FN2OS/c1-4-15(5-2,13(17)20)14(19)18(3)10-11-8-6-7-9-12(11)16/h6-9H,4-5,10H2,1-3H3,(H2,17,20). The van der Waals surface area contributed by atoms with E-state index in [1.807, 2.05) is 13.8 Å². The Morgan fingerprint density at radius 2 is 1.90 bits per heavy atom. The largest absolute Gasteiger partial charge is 0.392 e. The van der Waals surface area contributed by atoms with Crippen molar-refractivity contribution in [1.82, 2.24) is 4.90 Å². The Hall–Kier alpha value is -1.49. The fraction of sp³-hybridized carbons (Fsp3) is 0.467. The van der Waals surface area contributed by atoms with Crippen molar-refractivity contribution in [3.8, 4) is 0 Å². The molecule has 0 bridgehead atoms. The fourth-order valence-electron chi connectivity index (χ4n) is 2.33. The van der Waals surface area contributed by atoms with Crippen LogP contribution in [0.3, 0.4) is 0 Å². The van der Waals surface area contributed by atoms with Gasteiger partial charge in [0.1, 0.15) is 5.82 Å². The minimum atomic E-state index is -0.838. The molecule has 0 saturated heterocycles. The van der Waals surface area contributed by atoms with E-state index in [4.69, 9.17) is 18.0 Å². The third-order valence-electron chi connectivity index (χ3n) is 3.80. The number of hydrogen-bond acceptors (Lipinski definition) is 2. The highest BCUT2D eigenvalue weighted by atomic mass is 32.1. The van der Waals surface area contributed by atoms with Gasteiger partial charge in [-0.25, -0.2) is 4.39 Å². The summed E-state index contributed by atoms with van der Waals surface area (Å²) in [5, 5.41) is 0. The van der Waals surface area contributed by atoms with E-state index in [2.05, 4.69) is 0 Å². The van der Waals surface area contributed by atoms with Gasteiger partial charge in [0.15, 0.2) is 0 Å². The second-order valence-corrected chi connectivity index (χ2v) is 5.35. The lowest BCUT2D eigenvalue weighted by Gasteiger charge is -2.33. The third-order valence-corrected chi connectivity index (χ3v) is 4.19. The van der Waals surface area contributed by atoms with E-state index in [-0.39, 0.29) is 23.3 Å². The van der Waals surface area contributed by atoms with Gasteiger partial charge in [0.05, 0.1) is 10.4 Å². The van der Waals surface area contributed by atoms with Crippen LogP contribution in [0.2, 0.25) is 0 Å². The van der Waals surface area contributed by atoms with Gasteiger partial charge in [-0.05, 0) is 18.9 Å². The van der Waals surface area contributed by atoms with E-state index in [1.165, 1.54) is 11.0 Å². The van der Waals surface area contributed by atoms with Gasteiger partial charge < -0.3 is 10.6 Å². The Balaban J connectivity index is 2.96. The number of thiocarbonyl (C=S) groups is 1. The highest BCUT2D eigenvalue weighted by Crippen LogP contribution is 2.30. The summed E-state index contributed by atoms with van der Waals surface area (Å²) in [5.74, 6) is -0.473. The Bertz CT molecular complexity index is 500. The first-order valence-electron chi connectivity index (χ1n) is 6.68. The molecule has 3 nitrogen and oxygen atoms in total. The van der Waals surface area contributed by atoms with Crippen molar-refractivity contribution in [1.29, 1.82) is 0 Å². The van der Waals surface area contributed by atoms with Gasteiger partial charge in [0, 0.05) is 19.2 Å². The fourth-order valence-corrected chi connectivity index (χ4v) is 2.70. The van der Waals surface area contributed by atoms with Gasteiger partial charge in [-0.2, -0.15) is 0 Å². The minimum Gasteiger partial charge on any atom is -0.392 e. The summed E-state index contributed by atoms with van der Waals surface area (Å²) < 4.78 is 13.6. The van der Waals surface area contributed by atoms with Gasteiger partial charge in [-0.15, -0.1) is 0 Å². The highest BCUT2D eigenvalue weighted by Gasteiger charge is 2.40. The van der Waals surface area contributed by atoms with Gasteiger partial charge in [-0.3, -0.25) is 4.79 Å². The van der Waals surface area contributed by atoms with Crippen molar-refractivity contribution >= 4 is 23.1 Å². The molecule has 0 aromatic heterocycles. The Morgan fingerprint density at radius 1 is 1.35 bits per heavy atom. The molecule has 0 fully saturated rings. The maximum atomic E-state index is 13.6. The zero-order valence-electron chi connectivity index (χ0n) is 12.1. The van der Waals surface area contributed by atoms with Crippen molar-refractivity contribution in [2.45, 2.75) is 33.2 Å². The van der Waals surface area contributed by atoms with E-state index < -0.39 is 5.41 Å². The smallest absolute Gasteiger partial charge is 0.235 e. The van der Waals surface area contributed by atoms with E-state index in [0.717, 1.165) is 0 Å². The quantitative estimate of drug-likeness (QED) is 0.821. The predicted molar refractivity (Wildman–Crippen MR) is 82.7 cm³/mol. The summed E-state index contributed by atoms with van der Waals surface area (Å²) in [6.07, 6.45) is 1.08. The van der Waals surface area contributed by atoms with Gasteiger partial charge in [-0.1, -0.05) is 44.3 Å². The van der Waals surface area contributed by atoms with E-state index in [1.54, 1.807) is 25.2 Å². The predicted octanol–water partition coefficient (Wildman–Crippen LogP) is 2.88. The second-order valence-electron chi connectivity index (χ2n) is 4.91. The monoisotopic (exact) mass is 296 g/mol. The van der Waals surface area contributed by atoms with E-state index in [0.29, 0.717) is 18.4 Å². The molecule has 0 aliphatic heterocycles. The van der Waals surface area contributed by atoms with Crippen LogP contribution >= 0.6 is 12.2 Å². The van der Waals surface area contributed by atoms with Crippen molar-refractivity contribution in [3.05, 3.63) is 35.6 Å². The molecule has 0 saturated carbocycles. The zero-order chi connectivity index (χ0) is 15.3. The summed E-state index contributed by atoms with van der Waals surface area (Å²) in [6.45, 7) is 3.98. The maximum absolute atomic E-state index is 13.6. The molecule has 0 aliphatic rings. The first-order chi connectivity index (χ1) is 9.39. The van der Waals surface area contributed by atoms with Crippen molar-refractivity contribution < 1.29 is 9.18 Å². The molecule has 1 amide bonds. The number of carbonyl (C=O) groups is 1. The Morgan fingerprint density at radius 3 is 2.35 bits per heavy atom. The van der Waals surface area contributed by atoms with E-state index in [9.17, 15) is 9.18 Å². The van der Waals surface area contributed by atoms with Gasteiger partial charge in [0.2, 0.25) is 5.91 Å². The lowest BCUT2D eigenvalue weighted by atomic mass is 9.80. The van der Waals surface area contributed by atoms with Crippen LogP contribution in [0.15, 0.2) is 24.3 Å². The summed E-state index contributed by atoms with van der Waals surface area (Å²) in [7, 11) is 1.65. The van der Waals surface area contributed by atoms with Crippen molar-refractivity contribution in [3.63, 3.8) is 0 Å². The molecular formula is C15H21FN2OS. The molecule has 2 N–H and O–H groups in total. The molecule has 1 aromatic rings. The summed E-state index contributed by atoms with van der Waals surface area (Å²) in [5.41, 5.74) is 5.41. The number of benzene rings is 1. The first kappa shape index (κ1) is 16.6. The van der Waals surface area contributed by atoms with Crippen LogP contribution < -0.4 is 5.73 Å². The molecule has 20 heavy (non-hydrogen) atoms. The van der Waals surface area contributed by atoms with E-state index >= 15 is 0 Å². The lowest BCUT2D eigenvalue weighted by molar-refractivity contribution is -0.137. The maximum Gasteiger partial charge on any atom is 0.235 e. The Labute approximate surface area is 125 Å². The number of nitrogens with zero attached hydrogens (tertiary/aromatic N) is 1. The van der Waals surface area contributed by atoms with Crippen molar-refractivity contribution in [2.24, 2.45) is 11.1 Å². The van der Waals surface area contributed by atoms with Crippen LogP contribution in [-0.2, 0) is 11.3 Å². The molecular weight excluding hydrogens is 275 g/mol. The molecule has 5 heteroatoms. The lowest BCUT2D eigenvalue weighted by Crippen LogP contribution is -2.48. The van der Waals surface area contributed by atoms with Crippen LogP contribution in [0.4, 0.5) is 4.39 Å². The zero-order valence-corrected chi connectivity index (χ0v) is 13.0. The van der Waals surface area contributed by atoms with Crippen LogP contribution in [0, 0.1) is 11.2 Å². The number of carbonyl (C=O) groups excluding carboxylic acids is 1. The summed E-state index contributed by atoms with van der Waals surface area (Å²) >= 11 is 5.07. The third kappa shape index (κ3) is 3.15. The second kappa shape index (κ2) is 6.79. The summed E-state index contributed by atoms with van der Waals surface area (Å²) in [6, 6.07) is 6.42. The molecule has 0 aliphatic carbocycles. The van der Waals surface area contributed by atoms with Gasteiger partial charge >= 0.3 is 0 Å². The van der Waals surface area contributed by atoms with Crippen molar-refractivity contribution in [2.75, 3.05) is 7.05 Å². The molecule has 0 radical (unpaired) electrons. The van der Waals surface area contributed by atoms with Crippen LogP contribution in [0.25, 0.3) is 0 Å². The Kier molecular flexibility index (Phi) is 5.62. The number of halogens is 1. The highest BCUT2D eigenvalue weighted by molar-refractivity contribution is 7.80. The summed E-state index contributed by atoms with van der Waals surface area (Å²) in [4.78, 5) is 14.3. The molecule has 0 unspecified atom stereocenters. The molecule has 0 spiro atoms. The minimum absolute atomic E-state index is 0.154. The normalized spacial score (nSPS) is 11.2. The average molecular weight is 296 g/mol.